The van der Waals surface area contributed by atoms with Crippen molar-refractivity contribution < 1.29 is 4.79 Å². The lowest BCUT2D eigenvalue weighted by Gasteiger charge is -2.43. The van der Waals surface area contributed by atoms with Crippen molar-refractivity contribution in [3.63, 3.8) is 0 Å². The van der Waals surface area contributed by atoms with Gasteiger partial charge < -0.3 is 9.88 Å². The molecule has 0 spiro atoms. The van der Waals surface area contributed by atoms with Gasteiger partial charge in [-0.1, -0.05) is 0 Å². The van der Waals surface area contributed by atoms with E-state index in [4.69, 9.17) is 0 Å². The van der Waals surface area contributed by atoms with E-state index in [0.29, 0.717) is 0 Å². The van der Waals surface area contributed by atoms with Crippen LogP contribution >= 0.6 is 0 Å². The van der Waals surface area contributed by atoms with E-state index in [1.807, 2.05) is 26.2 Å². The first-order valence-corrected chi connectivity index (χ1v) is 5.91. The second kappa shape index (κ2) is 3.09. The van der Waals surface area contributed by atoms with Crippen LogP contribution in [0.4, 0.5) is 0 Å². The van der Waals surface area contributed by atoms with Crippen molar-refractivity contribution in [3.8, 4) is 0 Å². The van der Waals surface area contributed by atoms with E-state index in [-0.39, 0.29) is 17.4 Å². The summed E-state index contributed by atoms with van der Waals surface area (Å²) in [4.78, 5) is 15.9. The van der Waals surface area contributed by atoms with Crippen LogP contribution in [0.15, 0.2) is 12.4 Å². The molecule has 1 aliphatic heterocycles. The number of β-lactam (4-membered cyclic amide) rings is 1. The highest BCUT2D eigenvalue weighted by molar-refractivity contribution is 5.89. The molecule has 1 N–H and O–H groups in total. The number of carbonyl (C=O) groups is 1. The summed E-state index contributed by atoms with van der Waals surface area (Å²) in [7, 11) is 0. The van der Waals surface area contributed by atoms with Crippen LogP contribution in [0, 0.1) is 11.3 Å². The van der Waals surface area contributed by atoms with Crippen LogP contribution in [0.2, 0.25) is 0 Å². The summed E-state index contributed by atoms with van der Waals surface area (Å²) in [5, 5.41) is 2.95. The Balaban J connectivity index is 1.83. The van der Waals surface area contributed by atoms with Gasteiger partial charge in [-0.2, -0.15) is 0 Å². The molecule has 1 unspecified atom stereocenters. The van der Waals surface area contributed by atoms with E-state index in [0.717, 1.165) is 18.3 Å². The fourth-order valence-corrected chi connectivity index (χ4v) is 2.25. The van der Waals surface area contributed by atoms with Crippen molar-refractivity contribution in [3.05, 3.63) is 18.2 Å². The Morgan fingerprint density at radius 1 is 1.56 bits per heavy atom. The highest BCUT2D eigenvalue weighted by atomic mass is 16.2. The monoisotopic (exact) mass is 219 g/mol. The van der Waals surface area contributed by atoms with Gasteiger partial charge in [0.05, 0.1) is 5.41 Å². The van der Waals surface area contributed by atoms with E-state index in [1.54, 1.807) is 0 Å². The highest BCUT2D eigenvalue weighted by Gasteiger charge is 2.50. The van der Waals surface area contributed by atoms with Crippen LogP contribution in [0.25, 0.3) is 0 Å². The zero-order valence-electron chi connectivity index (χ0n) is 9.73. The number of nitrogens with zero attached hydrogens (tertiary/aromatic N) is 2. The van der Waals surface area contributed by atoms with Gasteiger partial charge >= 0.3 is 0 Å². The summed E-state index contributed by atoms with van der Waals surface area (Å²) in [6, 6.07) is 0.0775. The van der Waals surface area contributed by atoms with Crippen LogP contribution in [0.5, 0.6) is 0 Å². The first-order chi connectivity index (χ1) is 7.59. The Hall–Kier alpha value is -1.32. The molecule has 4 nitrogen and oxygen atoms in total. The SMILES string of the molecule is CC1(C)C(=O)NC1c1nccn1CC1CC1. The first kappa shape index (κ1) is 9.87. The molecule has 1 saturated heterocycles. The molecule has 16 heavy (non-hydrogen) atoms. The lowest BCUT2D eigenvalue weighted by molar-refractivity contribution is -0.143. The van der Waals surface area contributed by atoms with Crippen LogP contribution in [0.3, 0.4) is 0 Å². The molecule has 1 atom stereocenters. The van der Waals surface area contributed by atoms with E-state index in [2.05, 4.69) is 14.9 Å². The number of hydrogen-bond donors (Lipinski definition) is 1. The topological polar surface area (TPSA) is 46.9 Å². The molecule has 0 aromatic carbocycles. The zero-order valence-corrected chi connectivity index (χ0v) is 9.73. The molecule has 1 aromatic rings. The van der Waals surface area contributed by atoms with E-state index in [1.165, 1.54) is 12.8 Å². The Morgan fingerprint density at radius 2 is 2.31 bits per heavy atom. The fourth-order valence-electron chi connectivity index (χ4n) is 2.25. The van der Waals surface area contributed by atoms with Gasteiger partial charge in [-0.15, -0.1) is 0 Å². The van der Waals surface area contributed by atoms with Gasteiger partial charge in [-0.25, -0.2) is 4.98 Å². The number of hydrogen-bond acceptors (Lipinski definition) is 2. The molecule has 86 valence electrons. The summed E-state index contributed by atoms with van der Waals surface area (Å²) < 4.78 is 2.20. The molecule has 1 aromatic heterocycles. The Kier molecular flexibility index (Phi) is 1.91. The molecule has 3 rings (SSSR count). The third-order valence-corrected chi connectivity index (χ3v) is 3.74. The van der Waals surface area contributed by atoms with Crippen molar-refractivity contribution >= 4 is 5.91 Å². The number of rotatable bonds is 3. The third-order valence-electron chi connectivity index (χ3n) is 3.74. The average Bonchev–Trinajstić information content (AvgIpc) is 2.94. The predicted octanol–water partition coefficient (Wildman–Crippen LogP) is 1.49. The Morgan fingerprint density at radius 3 is 2.88 bits per heavy atom. The lowest BCUT2D eigenvalue weighted by Crippen LogP contribution is -2.58. The van der Waals surface area contributed by atoms with Crippen molar-refractivity contribution in [1.82, 2.24) is 14.9 Å². The van der Waals surface area contributed by atoms with Gasteiger partial charge in [0.25, 0.3) is 0 Å². The Bertz CT molecular complexity index is 431. The average molecular weight is 219 g/mol. The first-order valence-electron chi connectivity index (χ1n) is 5.91. The molecule has 0 radical (unpaired) electrons. The minimum atomic E-state index is -0.313. The molecule has 2 heterocycles. The smallest absolute Gasteiger partial charge is 0.228 e. The van der Waals surface area contributed by atoms with Gasteiger partial charge in [-0.05, 0) is 32.6 Å². The number of nitrogens with one attached hydrogen (secondary N) is 1. The maximum absolute atomic E-state index is 11.5. The molecule has 4 heteroatoms. The van der Waals surface area contributed by atoms with Crippen LogP contribution in [-0.4, -0.2) is 15.5 Å². The third kappa shape index (κ3) is 1.36. The van der Waals surface area contributed by atoms with Crippen LogP contribution < -0.4 is 5.32 Å². The zero-order chi connectivity index (χ0) is 11.3. The van der Waals surface area contributed by atoms with Gasteiger partial charge in [0.1, 0.15) is 11.9 Å². The molecule has 1 amide bonds. The molecule has 1 saturated carbocycles. The lowest BCUT2D eigenvalue weighted by atomic mass is 9.76. The van der Waals surface area contributed by atoms with Gasteiger partial charge in [0, 0.05) is 18.9 Å². The molecule has 0 bridgehead atoms. The number of carbonyl (C=O) groups excluding carboxylic acids is 1. The number of amides is 1. The summed E-state index contributed by atoms with van der Waals surface area (Å²) >= 11 is 0. The second-order valence-electron chi connectivity index (χ2n) is 5.51. The number of imidazole rings is 1. The van der Waals surface area contributed by atoms with E-state index in [9.17, 15) is 4.79 Å². The molecular weight excluding hydrogens is 202 g/mol. The minimum absolute atomic E-state index is 0.0775. The highest BCUT2D eigenvalue weighted by Crippen LogP contribution is 2.41. The molecular formula is C12H17N3O. The largest absolute Gasteiger partial charge is 0.345 e. The van der Waals surface area contributed by atoms with Crippen molar-refractivity contribution in [2.24, 2.45) is 11.3 Å². The van der Waals surface area contributed by atoms with Gasteiger partial charge in [0.15, 0.2) is 0 Å². The van der Waals surface area contributed by atoms with Crippen LogP contribution in [-0.2, 0) is 11.3 Å². The molecule has 1 aliphatic carbocycles. The summed E-state index contributed by atoms with van der Waals surface area (Å²) in [5.41, 5.74) is -0.313. The number of aromatic nitrogens is 2. The van der Waals surface area contributed by atoms with Crippen LogP contribution in [0.1, 0.15) is 38.6 Å². The van der Waals surface area contributed by atoms with Crippen molar-refractivity contribution in [2.75, 3.05) is 0 Å². The maximum atomic E-state index is 11.5. The molecule has 2 fully saturated rings. The fraction of sp³-hybridized carbons (Fsp3) is 0.667. The van der Waals surface area contributed by atoms with E-state index < -0.39 is 0 Å². The summed E-state index contributed by atoms with van der Waals surface area (Å²) in [6.07, 6.45) is 6.52. The van der Waals surface area contributed by atoms with Crippen molar-refractivity contribution in [2.45, 2.75) is 39.3 Å². The van der Waals surface area contributed by atoms with E-state index >= 15 is 0 Å². The molecule has 2 aliphatic rings. The predicted molar refractivity (Wildman–Crippen MR) is 59.6 cm³/mol. The summed E-state index contributed by atoms with van der Waals surface area (Å²) in [6.45, 7) is 5.01. The Labute approximate surface area is 95.1 Å². The normalized spacial score (nSPS) is 27.4. The minimum Gasteiger partial charge on any atom is -0.345 e. The standard InChI is InChI=1S/C12H17N3O/c1-12(2)9(14-11(12)16)10-13-5-6-15(10)7-8-3-4-8/h5-6,8-9H,3-4,7H2,1-2H3,(H,14,16). The maximum Gasteiger partial charge on any atom is 0.228 e. The second-order valence-corrected chi connectivity index (χ2v) is 5.51. The quantitative estimate of drug-likeness (QED) is 0.783. The summed E-state index contributed by atoms with van der Waals surface area (Å²) in [5.74, 6) is 1.96. The van der Waals surface area contributed by atoms with Gasteiger partial charge in [0.2, 0.25) is 5.91 Å². The van der Waals surface area contributed by atoms with Gasteiger partial charge in [-0.3, -0.25) is 4.79 Å². The van der Waals surface area contributed by atoms with Crippen molar-refractivity contribution in [1.29, 1.82) is 0 Å².